The van der Waals surface area contributed by atoms with Crippen LogP contribution in [0.25, 0.3) is 0 Å². The molecule has 0 saturated carbocycles. The first-order chi connectivity index (χ1) is 17.5. The first-order valence-electron chi connectivity index (χ1n) is 11.4. The highest BCUT2D eigenvalue weighted by molar-refractivity contribution is 7.09. The highest BCUT2D eigenvalue weighted by Gasteiger charge is 2.23. The quantitative estimate of drug-likeness (QED) is 0.349. The summed E-state index contributed by atoms with van der Waals surface area (Å²) in [7, 11) is 1.55. The van der Waals surface area contributed by atoms with Crippen LogP contribution in [-0.2, 0) is 27.4 Å². The third kappa shape index (κ3) is 7.13. The van der Waals surface area contributed by atoms with Crippen LogP contribution in [-0.4, -0.2) is 61.8 Å². The molecule has 0 spiro atoms. The fraction of sp³-hybridized carbons (Fsp3) is 0.308. The van der Waals surface area contributed by atoms with E-state index in [2.05, 4.69) is 0 Å². The molecule has 190 valence electrons. The Bertz CT molecular complexity index is 1160. The molecule has 0 unspecified atom stereocenters. The smallest absolute Gasteiger partial charge is 0.261 e. The molecule has 3 aromatic rings. The third-order valence-electron chi connectivity index (χ3n) is 5.51. The average Bonchev–Trinajstić information content (AvgIpc) is 3.57. The molecule has 0 radical (unpaired) electrons. The number of hydrogen-bond donors (Lipinski definition) is 0. The monoisotopic (exact) mass is 530 g/mol. The van der Waals surface area contributed by atoms with Gasteiger partial charge in [-0.2, -0.15) is 0 Å². The predicted octanol–water partition coefficient (Wildman–Crippen LogP) is 4.21. The Morgan fingerprint density at radius 3 is 2.56 bits per heavy atom. The van der Waals surface area contributed by atoms with E-state index in [-0.39, 0.29) is 38.3 Å². The van der Waals surface area contributed by atoms with Gasteiger partial charge in [0.25, 0.3) is 5.91 Å². The van der Waals surface area contributed by atoms with Crippen LogP contribution in [0, 0.1) is 0 Å². The van der Waals surface area contributed by atoms with Crippen molar-refractivity contribution >= 4 is 34.8 Å². The van der Waals surface area contributed by atoms with Crippen molar-refractivity contribution in [2.75, 3.05) is 40.2 Å². The van der Waals surface area contributed by atoms with Crippen molar-refractivity contribution in [3.63, 3.8) is 0 Å². The topological polar surface area (TPSA) is 77.5 Å². The summed E-state index contributed by atoms with van der Waals surface area (Å²) in [6, 6.07) is 16.3. The maximum absolute atomic E-state index is 13.5. The number of benzene rings is 2. The molecule has 4 rings (SSSR count). The Balaban J connectivity index is 1.44. The minimum absolute atomic E-state index is 0.0951. The van der Waals surface area contributed by atoms with Crippen LogP contribution in [0.4, 0.5) is 0 Å². The zero-order valence-electron chi connectivity index (χ0n) is 19.9. The summed E-state index contributed by atoms with van der Waals surface area (Å²) in [5.41, 5.74) is 0.907. The second-order valence-electron chi connectivity index (χ2n) is 8.07. The first kappa shape index (κ1) is 25.8. The molecule has 0 atom stereocenters. The van der Waals surface area contributed by atoms with Crippen LogP contribution in [0.15, 0.2) is 60.0 Å². The maximum atomic E-state index is 13.5. The highest BCUT2D eigenvalue weighted by Crippen LogP contribution is 2.33. The fourth-order valence-electron chi connectivity index (χ4n) is 3.61. The zero-order chi connectivity index (χ0) is 25.3. The summed E-state index contributed by atoms with van der Waals surface area (Å²) in [6.45, 7) is 1.24. The summed E-state index contributed by atoms with van der Waals surface area (Å²) < 4.78 is 21.7. The molecule has 2 amide bonds. The number of ether oxygens (including phenoxy) is 4. The Hall–Kier alpha value is -3.27. The number of fused-ring (bicyclic) bond motifs is 1. The largest absolute Gasteiger partial charge is 0.484 e. The molecule has 10 heteroatoms. The van der Waals surface area contributed by atoms with Gasteiger partial charge in [0.1, 0.15) is 5.75 Å². The van der Waals surface area contributed by atoms with Crippen LogP contribution in [0.3, 0.4) is 0 Å². The molecule has 2 heterocycles. The summed E-state index contributed by atoms with van der Waals surface area (Å²) in [5.74, 6) is 1.37. The van der Waals surface area contributed by atoms with E-state index >= 15 is 0 Å². The van der Waals surface area contributed by atoms with Gasteiger partial charge in [0.2, 0.25) is 12.7 Å². The standard InChI is InChI=1S/C26H27ClN2O6S/c1-32-11-10-28(26(31)17-33-21-7-5-20(27)6-8-21)16-25(30)29(15-22-3-2-12-36-22)14-19-4-9-23-24(13-19)35-18-34-23/h2-9,12-13H,10-11,14-18H2,1H3. The Morgan fingerprint density at radius 2 is 1.81 bits per heavy atom. The van der Waals surface area contributed by atoms with Gasteiger partial charge in [-0.25, -0.2) is 0 Å². The molecular weight excluding hydrogens is 504 g/mol. The Morgan fingerprint density at radius 1 is 1.00 bits per heavy atom. The van der Waals surface area contributed by atoms with Crippen molar-refractivity contribution in [1.82, 2.24) is 9.80 Å². The van der Waals surface area contributed by atoms with Gasteiger partial charge in [-0.3, -0.25) is 9.59 Å². The molecule has 0 aliphatic carbocycles. The van der Waals surface area contributed by atoms with Gasteiger partial charge >= 0.3 is 0 Å². The summed E-state index contributed by atoms with van der Waals surface area (Å²) in [5, 5.41) is 2.55. The van der Waals surface area contributed by atoms with E-state index in [4.69, 9.17) is 30.5 Å². The third-order valence-corrected chi connectivity index (χ3v) is 6.62. The van der Waals surface area contributed by atoms with Gasteiger partial charge < -0.3 is 28.7 Å². The molecule has 0 fully saturated rings. The van der Waals surface area contributed by atoms with Crippen LogP contribution in [0.1, 0.15) is 10.4 Å². The molecule has 0 bridgehead atoms. The van der Waals surface area contributed by atoms with Crippen molar-refractivity contribution in [3.05, 3.63) is 75.4 Å². The van der Waals surface area contributed by atoms with Gasteiger partial charge in [0.05, 0.1) is 19.7 Å². The fourth-order valence-corrected chi connectivity index (χ4v) is 4.45. The minimum atomic E-state index is -0.311. The van der Waals surface area contributed by atoms with E-state index < -0.39 is 0 Å². The van der Waals surface area contributed by atoms with Crippen LogP contribution in [0.2, 0.25) is 5.02 Å². The van der Waals surface area contributed by atoms with E-state index in [0.29, 0.717) is 42.0 Å². The highest BCUT2D eigenvalue weighted by atomic mass is 35.5. The van der Waals surface area contributed by atoms with E-state index in [0.717, 1.165) is 10.4 Å². The number of methoxy groups -OCH3 is 1. The van der Waals surface area contributed by atoms with Gasteiger partial charge in [-0.15, -0.1) is 11.3 Å². The second-order valence-corrected chi connectivity index (χ2v) is 9.54. The Labute approximate surface area is 218 Å². The summed E-state index contributed by atoms with van der Waals surface area (Å²) >= 11 is 7.48. The minimum Gasteiger partial charge on any atom is -0.484 e. The van der Waals surface area contributed by atoms with E-state index in [1.165, 1.54) is 4.90 Å². The summed E-state index contributed by atoms with van der Waals surface area (Å²) in [4.78, 5) is 30.7. The van der Waals surface area contributed by atoms with Crippen molar-refractivity contribution < 1.29 is 28.5 Å². The van der Waals surface area contributed by atoms with Crippen LogP contribution >= 0.6 is 22.9 Å². The number of amides is 2. The van der Waals surface area contributed by atoms with Gasteiger partial charge in [-0.05, 0) is 53.4 Å². The predicted molar refractivity (Wildman–Crippen MR) is 137 cm³/mol. The Kier molecular flexibility index (Phi) is 9.05. The molecule has 1 aliphatic heterocycles. The summed E-state index contributed by atoms with van der Waals surface area (Å²) in [6.07, 6.45) is 0. The molecule has 36 heavy (non-hydrogen) atoms. The number of hydrogen-bond acceptors (Lipinski definition) is 7. The lowest BCUT2D eigenvalue weighted by Crippen LogP contribution is -2.45. The van der Waals surface area contributed by atoms with Crippen molar-refractivity contribution in [1.29, 1.82) is 0 Å². The average molecular weight is 531 g/mol. The van der Waals surface area contributed by atoms with Gasteiger partial charge in [0, 0.05) is 30.1 Å². The van der Waals surface area contributed by atoms with E-state index in [9.17, 15) is 9.59 Å². The van der Waals surface area contributed by atoms with Crippen molar-refractivity contribution in [2.45, 2.75) is 13.1 Å². The van der Waals surface area contributed by atoms with Crippen molar-refractivity contribution in [2.24, 2.45) is 0 Å². The number of rotatable bonds is 12. The molecule has 0 N–H and O–H groups in total. The van der Waals surface area contributed by atoms with Crippen LogP contribution in [0.5, 0.6) is 17.2 Å². The number of thiophene rings is 1. The lowest BCUT2D eigenvalue weighted by atomic mass is 10.2. The number of carbonyl (C=O) groups is 2. The number of nitrogens with zero attached hydrogens (tertiary/aromatic N) is 2. The molecule has 1 aliphatic rings. The molecular formula is C26H27ClN2O6S. The lowest BCUT2D eigenvalue weighted by Gasteiger charge is -2.27. The van der Waals surface area contributed by atoms with Crippen LogP contribution < -0.4 is 14.2 Å². The number of halogens is 1. The number of carbonyl (C=O) groups excluding carboxylic acids is 2. The van der Waals surface area contributed by atoms with Crippen molar-refractivity contribution in [3.8, 4) is 17.2 Å². The molecule has 2 aromatic carbocycles. The molecule has 0 saturated heterocycles. The molecule has 8 nitrogen and oxygen atoms in total. The first-order valence-corrected chi connectivity index (χ1v) is 12.6. The second kappa shape index (κ2) is 12.6. The van der Waals surface area contributed by atoms with E-state index in [1.54, 1.807) is 47.6 Å². The normalized spacial score (nSPS) is 11.8. The van der Waals surface area contributed by atoms with Gasteiger partial charge in [0.15, 0.2) is 18.1 Å². The maximum Gasteiger partial charge on any atom is 0.261 e. The SMILES string of the molecule is COCCN(CC(=O)N(Cc1ccc2c(c1)OCO2)Cc1cccs1)C(=O)COc1ccc(Cl)cc1. The lowest BCUT2D eigenvalue weighted by molar-refractivity contribution is -0.142. The zero-order valence-corrected chi connectivity index (χ0v) is 21.4. The van der Waals surface area contributed by atoms with Gasteiger partial charge in [-0.1, -0.05) is 23.7 Å². The molecule has 1 aromatic heterocycles. The van der Waals surface area contributed by atoms with E-state index in [1.807, 2.05) is 35.7 Å².